The van der Waals surface area contributed by atoms with Gasteiger partial charge >= 0.3 is 6.18 Å². The van der Waals surface area contributed by atoms with Gasteiger partial charge in [-0.1, -0.05) is 43.3 Å². The first-order chi connectivity index (χ1) is 16.6. The van der Waals surface area contributed by atoms with Gasteiger partial charge in [0.25, 0.3) is 5.90 Å². The molecule has 0 aromatic heterocycles. The Hall–Kier alpha value is -3.40. The van der Waals surface area contributed by atoms with Crippen LogP contribution in [0.1, 0.15) is 42.5 Å². The van der Waals surface area contributed by atoms with E-state index >= 15 is 0 Å². The summed E-state index contributed by atoms with van der Waals surface area (Å²) in [5.41, 5.74) is 1.02. The molecule has 2 N–H and O–H groups in total. The van der Waals surface area contributed by atoms with Crippen molar-refractivity contribution in [3.05, 3.63) is 65.2 Å². The molecule has 35 heavy (non-hydrogen) atoms. The highest BCUT2D eigenvalue weighted by Crippen LogP contribution is 2.39. The number of benzene rings is 2. The van der Waals surface area contributed by atoms with Crippen LogP contribution in [-0.4, -0.2) is 48.6 Å². The molecular formula is C25H26F3N3O4. The van der Waals surface area contributed by atoms with E-state index in [1.807, 2.05) is 37.3 Å². The first-order valence-corrected chi connectivity index (χ1v) is 11.2. The molecule has 10 heteroatoms. The maximum Gasteiger partial charge on any atom is 0.468 e. The van der Waals surface area contributed by atoms with Crippen molar-refractivity contribution in [2.75, 3.05) is 19.8 Å². The normalized spacial score (nSPS) is 19.7. The number of hydrogen-bond acceptors (Lipinski definition) is 6. The van der Waals surface area contributed by atoms with Gasteiger partial charge in [0, 0.05) is 24.3 Å². The van der Waals surface area contributed by atoms with Crippen molar-refractivity contribution in [1.82, 2.24) is 4.90 Å². The summed E-state index contributed by atoms with van der Waals surface area (Å²) >= 11 is 0. The van der Waals surface area contributed by atoms with Gasteiger partial charge in [0.05, 0.1) is 18.0 Å². The lowest BCUT2D eigenvalue weighted by molar-refractivity contribution is -0.150. The second-order valence-electron chi connectivity index (χ2n) is 8.92. The molecule has 2 aromatic rings. The average Bonchev–Trinajstić information content (AvgIpc) is 3.03. The third-order valence-electron chi connectivity index (χ3n) is 6.46. The quantitative estimate of drug-likeness (QED) is 0.476. The fourth-order valence-corrected chi connectivity index (χ4v) is 4.28. The number of alkyl halides is 3. The van der Waals surface area contributed by atoms with Gasteiger partial charge in [-0.3, -0.25) is 15.6 Å². The molecule has 0 spiro atoms. The van der Waals surface area contributed by atoms with Gasteiger partial charge < -0.3 is 19.1 Å². The number of nitrogens with zero attached hydrogens (tertiary/aromatic N) is 1. The molecule has 2 heterocycles. The van der Waals surface area contributed by atoms with Crippen molar-refractivity contribution in [2.24, 2.45) is 5.41 Å². The fourth-order valence-electron chi connectivity index (χ4n) is 4.28. The van der Waals surface area contributed by atoms with Gasteiger partial charge in [0.1, 0.15) is 12.4 Å². The molecular weight excluding hydrogens is 463 g/mol. The van der Waals surface area contributed by atoms with Gasteiger partial charge in [-0.2, -0.15) is 13.2 Å². The van der Waals surface area contributed by atoms with E-state index in [4.69, 9.17) is 20.3 Å². The van der Waals surface area contributed by atoms with Crippen molar-refractivity contribution in [3.8, 4) is 5.75 Å². The first kappa shape index (κ1) is 24.7. The van der Waals surface area contributed by atoms with E-state index < -0.39 is 23.4 Å². The summed E-state index contributed by atoms with van der Waals surface area (Å²) in [6.07, 6.45) is -3.77. The largest absolute Gasteiger partial charge is 0.491 e. The third-order valence-corrected chi connectivity index (χ3v) is 6.46. The number of carbonyl (C=O) groups excluding carboxylic acids is 1. The minimum Gasteiger partial charge on any atom is -0.491 e. The number of fused-ring (bicyclic) bond motifs is 1. The smallest absolute Gasteiger partial charge is 0.468 e. The molecule has 186 valence electrons. The van der Waals surface area contributed by atoms with Crippen molar-refractivity contribution < 1.29 is 32.2 Å². The monoisotopic (exact) mass is 489 g/mol. The van der Waals surface area contributed by atoms with Crippen molar-refractivity contribution in [3.63, 3.8) is 0 Å². The van der Waals surface area contributed by atoms with Crippen LogP contribution in [0.3, 0.4) is 0 Å². The van der Waals surface area contributed by atoms with E-state index in [1.165, 1.54) is 12.1 Å². The van der Waals surface area contributed by atoms with Crippen LogP contribution in [0.15, 0.2) is 48.5 Å². The van der Waals surface area contributed by atoms with Crippen LogP contribution in [0.25, 0.3) is 0 Å². The molecule has 1 unspecified atom stereocenters. The van der Waals surface area contributed by atoms with E-state index in [2.05, 4.69) is 4.74 Å². The van der Waals surface area contributed by atoms with Crippen LogP contribution in [-0.2, 0) is 20.8 Å². The number of rotatable bonds is 3. The number of hydrogen-bond donors (Lipinski definition) is 2. The second-order valence-corrected chi connectivity index (χ2v) is 8.92. The summed E-state index contributed by atoms with van der Waals surface area (Å²) in [6, 6.07) is 13.6. The SMILES string of the molecule is CC1(C(=O)N2Cc3ccc(C(=N)OC(=N)C(F)(F)F)cc3OCC2c2ccccc2)CCOCC1. The molecule has 0 radical (unpaired) electrons. The van der Waals surface area contributed by atoms with E-state index in [1.54, 1.807) is 11.0 Å². The van der Waals surface area contributed by atoms with E-state index in [0.717, 1.165) is 5.56 Å². The number of halogens is 3. The van der Waals surface area contributed by atoms with Gasteiger partial charge in [0.2, 0.25) is 11.8 Å². The summed E-state index contributed by atoms with van der Waals surface area (Å²) in [4.78, 5) is 15.6. The van der Waals surface area contributed by atoms with Crippen LogP contribution < -0.4 is 4.74 Å². The highest BCUT2D eigenvalue weighted by molar-refractivity contribution is 6.00. The molecule has 1 amide bonds. The second kappa shape index (κ2) is 9.69. The first-order valence-electron chi connectivity index (χ1n) is 11.2. The topological polar surface area (TPSA) is 95.7 Å². The maximum atomic E-state index is 13.8. The molecule has 2 aromatic carbocycles. The Labute approximate surface area is 200 Å². The van der Waals surface area contributed by atoms with Crippen molar-refractivity contribution in [2.45, 2.75) is 38.5 Å². The minimum atomic E-state index is -4.99. The van der Waals surface area contributed by atoms with Gasteiger partial charge in [-0.15, -0.1) is 0 Å². The van der Waals surface area contributed by atoms with E-state index in [-0.39, 0.29) is 30.7 Å². The molecule has 7 nitrogen and oxygen atoms in total. The van der Waals surface area contributed by atoms with Crippen LogP contribution in [0.2, 0.25) is 0 Å². The average molecular weight is 489 g/mol. The predicted molar refractivity (Wildman–Crippen MR) is 122 cm³/mol. The lowest BCUT2D eigenvalue weighted by Crippen LogP contribution is -2.47. The Morgan fingerprint density at radius 3 is 2.46 bits per heavy atom. The van der Waals surface area contributed by atoms with Crippen LogP contribution in [0.5, 0.6) is 5.75 Å². The molecule has 0 aliphatic carbocycles. The molecule has 0 bridgehead atoms. The molecule has 1 atom stereocenters. The Morgan fingerprint density at radius 2 is 1.80 bits per heavy atom. The number of amides is 1. The molecule has 2 aliphatic rings. The third kappa shape index (κ3) is 5.32. The number of ether oxygens (including phenoxy) is 3. The number of carbonyl (C=O) groups is 1. The van der Waals surface area contributed by atoms with Gasteiger partial charge in [-0.05, 0) is 30.5 Å². The summed E-state index contributed by atoms with van der Waals surface area (Å²) in [7, 11) is 0. The Bertz CT molecular complexity index is 1110. The van der Waals surface area contributed by atoms with Gasteiger partial charge in [0.15, 0.2) is 0 Å². The van der Waals surface area contributed by atoms with Gasteiger partial charge in [-0.25, -0.2) is 0 Å². The van der Waals surface area contributed by atoms with Crippen LogP contribution in [0.4, 0.5) is 13.2 Å². The van der Waals surface area contributed by atoms with E-state index in [9.17, 15) is 18.0 Å². The Kier molecular flexibility index (Phi) is 6.84. The molecule has 1 fully saturated rings. The summed E-state index contributed by atoms with van der Waals surface area (Å²) in [5, 5.41) is 14.8. The molecule has 0 saturated carbocycles. The van der Waals surface area contributed by atoms with Crippen LogP contribution >= 0.6 is 0 Å². The highest BCUT2D eigenvalue weighted by Gasteiger charge is 2.42. The maximum absolute atomic E-state index is 13.8. The fraction of sp³-hybridized carbons (Fsp3) is 0.400. The molecule has 2 aliphatic heterocycles. The predicted octanol–water partition coefficient (Wildman–Crippen LogP) is 4.85. The van der Waals surface area contributed by atoms with Crippen molar-refractivity contribution in [1.29, 1.82) is 10.8 Å². The Morgan fingerprint density at radius 1 is 1.11 bits per heavy atom. The zero-order valence-electron chi connectivity index (χ0n) is 19.2. The lowest BCUT2D eigenvalue weighted by Gasteiger charge is -2.39. The standard InChI is InChI=1S/C25H26F3N3O4/c1-24(9-11-33-12-10-24)23(32)31-14-18-8-7-17(21(29)35-22(30)25(26,27)28)13-20(18)34-15-19(31)16-5-3-2-4-6-16/h2-8,13,19,29-30H,9-12,14-15H2,1H3. The lowest BCUT2D eigenvalue weighted by atomic mass is 9.80. The van der Waals surface area contributed by atoms with Crippen molar-refractivity contribution >= 4 is 17.7 Å². The summed E-state index contributed by atoms with van der Waals surface area (Å²) in [5.74, 6) is -2.44. The summed E-state index contributed by atoms with van der Waals surface area (Å²) in [6.45, 7) is 3.33. The number of nitrogens with one attached hydrogen (secondary N) is 2. The Balaban J connectivity index is 1.64. The summed E-state index contributed by atoms with van der Waals surface area (Å²) < 4.78 is 53.8. The van der Waals surface area contributed by atoms with E-state index in [0.29, 0.717) is 37.4 Å². The van der Waals surface area contributed by atoms with Crippen LogP contribution in [0, 0.1) is 16.2 Å². The minimum absolute atomic E-state index is 0.00937. The molecule has 4 rings (SSSR count). The molecule has 1 saturated heterocycles. The highest BCUT2D eigenvalue weighted by atomic mass is 19.4. The zero-order chi connectivity index (χ0) is 25.2. The zero-order valence-corrected chi connectivity index (χ0v) is 19.2.